The summed E-state index contributed by atoms with van der Waals surface area (Å²) in [6, 6.07) is 5.51. The standard InChI is InChI=1S/C13H12ClFN4O2/c1-7(9-3-5-10(15)6-4-9)16-12-11(19(20)21)8(2)17-13(14)18-12/h3-7H,1-2H3,(H,16,17,18). The van der Waals surface area contributed by atoms with Crippen LogP contribution in [0.1, 0.15) is 24.2 Å². The molecular formula is C13H12ClFN4O2. The van der Waals surface area contributed by atoms with Crippen molar-refractivity contribution in [2.75, 3.05) is 5.32 Å². The smallest absolute Gasteiger partial charge is 0.332 e. The molecule has 0 spiro atoms. The van der Waals surface area contributed by atoms with Gasteiger partial charge in [-0.15, -0.1) is 0 Å². The molecule has 1 heterocycles. The van der Waals surface area contributed by atoms with Crippen LogP contribution in [-0.4, -0.2) is 14.9 Å². The van der Waals surface area contributed by atoms with Crippen LogP contribution in [0.3, 0.4) is 0 Å². The first-order chi connectivity index (χ1) is 9.88. The molecule has 0 bridgehead atoms. The Hall–Kier alpha value is -2.28. The SMILES string of the molecule is Cc1nc(Cl)nc(NC(C)c2ccc(F)cc2)c1[N+](=O)[O-]. The second-order valence-electron chi connectivity index (χ2n) is 4.45. The molecule has 1 unspecified atom stereocenters. The number of halogens is 2. The molecule has 2 rings (SSSR count). The predicted octanol–water partition coefficient (Wildman–Crippen LogP) is 3.66. The molecule has 0 radical (unpaired) electrons. The molecule has 0 saturated heterocycles. The summed E-state index contributed by atoms with van der Waals surface area (Å²) in [6.07, 6.45) is 0. The van der Waals surface area contributed by atoms with E-state index in [0.29, 0.717) is 0 Å². The second-order valence-corrected chi connectivity index (χ2v) is 4.79. The number of benzene rings is 1. The zero-order valence-corrected chi connectivity index (χ0v) is 12.1. The first-order valence-corrected chi connectivity index (χ1v) is 6.47. The van der Waals surface area contributed by atoms with Crippen LogP contribution in [0.15, 0.2) is 24.3 Å². The summed E-state index contributed by atoms with van der Waals surface area (Å²) in [5, 5.41) is 13.9. The second kappa shape index (κ2) is 6.01. The molecule has 1 atom stereocenters. The minimum atomic E-state index is -0.564. The number of nitro groups is 1. The third-order valence-corrected chi connectivity index (χ3v) is 3.11. The Kier molecular flexibility index (Phi) is 4.32. The van der Waals surface area contributed by atoms with Crippen molar-refractivity contribution in [3.63, 3.8) is 0 Å². The molecule has 0 amide bonds. The maximum absolute atomic E-state index is 12.9. The molecule has 1 aromatic carbocycles. The highest BCUT2D eigenvalue weighted by molar-refractivity contribution is 6.28. The highest BCUT2D eigenvalue weighted by atomic mass is 35.5. The summed E-state index contributed by atoms with van der Waals surface area (Å²) in [5.41, 5.74) is 0.709. The van der Waals surface area contributed by atoms with Crippen LogP contribution >= 0.6 is 11.6 Å². The number of nitrogens with one attached hydrogen (secondary N) is 1. The Labute approximate surface area is 125 Å². The first-order valence-electron chi connectivity index (χ1n) is 6.09. The molecule has 110 valence electrons. The number of hydrogen-bond donors (Lipinski definition) is 1. The highest BCUT2D eigenvalue weighted by Crippen LogP contribution is 2.29. The lowest BCUT2D eigenvalue weighted by molar-refractivity contribution is -0.385. The van der Waals surface area contributed by atoms with Crippen LogP contribution in [0.5, 0.6) is 0 Å². The molecule has 8 heteroatoms. The normalized spacial score (nSPS) is 12.0. The van der Waals surface area contributed by atoms with E-state index >= 15 is 0 Å². The Balaban J connectivity index is 2.34. The molecule has 0 aliphatic heterocycles. The van der Waals surface area contributed by atoms with Crippen molar-refractivity contribution in [1.82, 2.24) is 9.97 Å². The Morgan fingerprint density at radius 2 is 1.95 bits per heavy atom. The van der Waals surface area contributed by atoms with E-state index in [1.54, 1.807) is 19.1 Å². The summed E-state index contributed by atoms with van der Waals surface area (Å²) < 4.78 is 12.9. The van der Waals surface area contributed by atoms with Gasteiger partial charge in [-0.25, -0.2) is 9.37 Å². The summed E-state index contributed by atoms with van der Waals surface area (Å²) >= 11 is 5.74. The van der Waals surface area contributed by atoms with Crippen molar-refractivity contribution in [3.8, 4) is 0 Å². The molecule has 0 fully saturated rings. The number of aromatic nitrogens is 2. The third kappa shape index (κ3) is 3.43. The van der Waals surface area contributed by atoms with E-state index in [0.717, 1.165) is 5.56 Å². The predicted molar refractivity (Wildman–Crippen MR) is 76.9 cm³/mol. The lowest BCUT2D eigenvalue weighted by Gasteiger charge is -2.15. The van der Waals surface area contributed by atoms with E-state index in [-0.39, 0.29) is 34.3 Å². The zero-order valence-electron chi connectivity index (χ0n) is 11.3. The van der Waals surface area contributed by atoms with Gasteiger partial charge in [-0.1, -0.05) is 12.1 Å². The van der Waals surface area contributed by atoms with Gasteiger partial charge < -0.3 is 5.32 Å². The molecule has 2 aromatic rings. The topological polar surface area (TPSA) is 81.0 Å². The van der Waals surface area contributed by atoms with Crippen molar-refractivity contribution < 1.29 is 9.31 Å². The van der Waals surface area contributed by atoms with Crippen molar-refractivity contribution in [2.45, 2.75) is 19.9 Å². The van der Waals surface area contributed by atoms with Crippen molar-refractivity contribution >= 4 is 23.1 Å². The number of nitrogens with zero attached hydrogens (tertiary/aromatic N) is 3. The average Bonchev–Trinajstić information content (AvgIpc) is 2.37. The Morgan fingerprint density at radius 3 is 2.52 bits per heavy atom. The molecular weight excluding hydrogens is 299 g/mol. The molecule has 0 aliphatic carbocycles. The minimum Gasteiger partial charge on any atom is -0.358 e. The fourth-order valence-corrected chi connectivity index (χ4v) is 2.10. The molecule has 1 N–H and O–H groups in total. The Morgan fingerprint density at radius 1 is 1.33 bits per heavy atom. The van der Waals surface area contributed by atoms with Gasteiger partial charge in [0.25, 0.3) is 0 Å². The number of anilines is 1. The fourth-order valence-electron chi connectivity index (χ4n) is 1.89. The molecule has 21 heavy (non-hydrogen) atoms. The zero-order chi connectivity index (χ0) is 15.6. The van der Waals surface area contributed by atoms with Crippen LogP contribution in [0.2, 0.25) is 5.28 Å². The van der Waals surface area contributed by atoms with E-state index in [9.17, 15) is 14.5 Å². The van der Waals surface area contributed by atoms with E-state index in [1.807, 2.05) is 0 Å². The lowest BCUT2D eigenvalue weighted by atomic mass is 10.1. The van der Waals surface area contributed by atoms with Crippen LogP contribution in [0, 0.1) is 22.9 Å². The highest BCUT2D eigenvalue weighted by Gasteiger charge is 2.23. The summed E-state index contributed by atoms with van der Waals surface area (Å²) in [6.45, 7) is 3.27. The minimum absolute atomic E-state index is 0.0364. The van der Waals surface area contributed by atoms with Crippen LogP contribution < -0.4 is 5.32 Å². The maximum Gasteiger partial charge on any atom is 0.332 e. The summed E-state index contributed by atoms with van der Waals surface area (Å²) in [7, 11) is 0. The van der Waals surface area contributed by atoms with Crippen LogP contribution in [0.4, 0.5) is 15.9 Å². The number of aryl methyl sites for hydroxylation is 1. The maximum atomic E-state index is 12.9. The van der Waals surface area contributed by atoms with Gasteiger partial charge in [0, 0.05) is 0 Å². The van der Waals surface area contributed by atoms with Crippen LogP contribution in [0.25, 0.3) is 0 Å². The largest absolute Gasteiger partial charge is 0.358 e. The lowest BCUT2D eigenvalue weighted by Crippen LogP contribution is -2.11. The average molecular weight is 311 g/mol. The summed E-state index contributed by atoms with van der Waals surface area (Å²) in [5.74, 6) is -0.313. The van der Waals surface area contributed by atoms with E-state index in [4.69, 9.17) is 11.6 Å². The van der Waals surface area contributed by atoms with E-state index in [2.05, 4.69) is 15.3 Å². The Bertz CT molecular complexity index is 679. The van der Waals surface area contributed by atoms with Crippen molar-refractivity contribution in [1.29, 1.82) is 0 Å². The molecule has 0 saturated carbocycles. The van der Waals surface area contributed by atoms with Gasteiger partial charge in [0.1, 0.15) is 11.5 Å². The van der Waals surface area contributed by atoms with Gasteiger partial charge in [-0.2, -0.15) is 4.98 Å². The fraction of sp³-hybridized carbons (Fsp3) is 0.231. The number of hydrogen-bond acceptors (Lipinski definition) is 5. The van der Waals surface area contributed by atoms with E-state index in [1.165, 1.54) is 19.1 Å². The van der Waals surface area contributed by atoms with Gasteiger partial charge in [-0.3, -0.25) is 10.1 Å². The monoisotopic (exact) mass is 310 g/mol. The quantitative estimate of drug-likeness (QED) is 0.529. The van der Waals surface area contributed by atoms with Gasteiger partial charge in [0.05, 0.1) is 11.0 Å². The van der Waals surface area contributed by atoms with E-state index < -0.39 is 4.92 Å². The first kappa shape index (κ1) is 15.1. The van der Waals surface area contributed by atoms with Crippen molar-refractivity contribution in [3.05, 3.63) is 56.7 Å². The molecule has 6 nitrogen and oxygen atoms in total. The van der Waals surface area contributed by atoms with Gasteiger partial charge in [0.15, 0.2) is 0 Å². The number of rotatable bonds is 4. The third-order valence-electron chi connectivity index (χ3n) is 2.94. The molecule has 0 aliphatic rings. The molecule has 1 aromatic heterocycles. The van der Waals surface area contributed by atoms with Gasteiger partial charge >= 0.3 is 5.69 Å². The van der Waals surface area contributed by atoms with Crippen molar-refractivity contribution in [2.24, 2.45) is 0 Å². The van der Waals surface area contributed by atoms with Crippen LogP contribution in [-0.2, 0) is 0 Å². The summed E-state index contributed by atoms with van der Waals surface area (Å²) in [4.78, 5) is 18.2. The van der Waals surface area contributed by atoms with Gasteiger partial charge in [-0.05, 0) is 43.1 Å². The van der Waals surface area contributed by atoms with Gasteiger partial charge in [0.2, 0.25) is 11.1 Å².